The molecule has 21 heavy (non-hydrogen) atoms. The number of carbonyl (C=O) groups is 2. The van der Waals surface area contributed by atoms with Gasteiger partial charge in [0.1, 0.15) is 17.0 Å². The van der Waals surface area contributed by atoms with E-state index >= 15 is 0 Å². The number of alkyl halides is 1. The zero-order chi connectivity index (χ0) is 15.0. The van der Waals surface area contributed by atoms with Gasteiger partial charge in [-0.25, -0.2) is 0 Å². The summed E-state index contributed by atoms with van der Waals surface area (Å²) in [7, 11) is 1.47. The number of ether oxygens (including phenoxy) is 2. The summed E-state index contributed by atoms with van der Waals surface area (Å²) >= 11 is 3.17. The second-order valence-corrected chi connectivity index (χ2v) is 4.93. The molecule has 3 rings (SSSR count). The predicted octanol–water partition coefficient (Wildman–Crippen LogP) is 3.20. The van der Waals surface area contributed by atoms with Gasteiger partial charge in [0, 0.05) is 11.1 Å². The van der Waals surface area contributed by atoms with E-state index in [9.17, 15) is 9.59 Å². The number of benzene rings is 2. The van der Waals surface area contributed by atoms with Gasteiger partial charge in [-0.05, 0) is 28.1 Å². The Morgan fingerprint density at radius 2 is 1.43 bits per heavy atom. The molecule has 5 heteroatoms. The molecular weight excluding hydrogens is 336 g/mol. The van der Waals surface area contributed by atoms with E-state index in [2.05, 4.69) is 15.9 Å². The van der Waals surface area contributed by atoms with Gasteiger partial charge < -0.3 is 9.47 Å². The molecule has 0 radical (unpaired) electrons. The smallest absolute Gasteiger partial charge is 0.198 e. The van der Waals surface area contributed by atoms with Gasteiger partial charge >= 0.3 is 0 Å². The molecule has 0 aromatic heterocycles. The molecule has 0 saturated carbocycles. The van der Waals surface area contributed by atoms with Crippen LogP contribution in [0.1, 0.15) is 31.8 Å². The summed E-state index contributed by atoms with van der Waals surface area (Å²) in [4.78, 5) is 25.4. The molecule has 2 aromatic carbocycles. The van der Waals surface area contributed by atoms with Gasteiger partial charge in [0.05, 0.1) is 18.2 Å². The molecule has 0 unspecified atom stereocenters. The molecular formula is C16H11BrO4. The average molecular weight is 347 g/mol. The molecule has 0 N–H and O–H groups in total. The molecule has 0 heterocycles. The zero-order valence-electron chi connectivity index (χ0n) is 11.2. The van der Waals surface area contributed by atoms with Gasteiger partial charge in [0.15, 0.2) is 11.6 Å². The molecule has 0 aliphatic heterocycles. The molecule has 0 spiro atoms. The van der Waals surface area contributed by atoms with E-state index < -0.39 is 0 Å². The Kier molecular flexibility index (Phi) is 3.51. The number of hydrogen-bond donors (Lipinski definition) is 0. The lowest BCUT2D eigenvalue weighted by molar-refractivity contribution is 0.0973. The third kappa shape index (κ3) is 2.05. The first-order valence-electron chi connectivity index (χ1n) is 6.27. The number of hydrogen-bond acceptors (Lipinski definition) is 4. The summed E-state index contributed by atoms with van der Waals surface area (Å²) in [5.74, 6) is 0.294. The highest BCUT2D eigenvalue weighted by atomic mass is 79.9. The molecule has 2 aromatic rings. The standard InChI is InChI=1S/C16H11BrO4/c1-20-11-6-7-12(21-8-17)14-13(11)15(18)9-4-2-3-5-10(9)16(14)19/h2-7H,8H2,1H3. The summed E-state index contributed by atoms with van der Waals surface area (Å²) in [5, 5.41) is 0. The van der Waals surface area contributed by atoms with E-state index in [4.69, 9.17) is 9.47 Å². The van der Waals surface area contributed by atoms with E-state index in [1.807, 2.05) is 0 Å². The minimum Gasteiger partial charge on any atom is -0.496 e. The van der Waals surface area contributed by atoms with Gasteiger partial charge in [0.2, 0.25) is 0 Å². The Labute approximate surface area is 129 Å². The van der Waals surface area contributed by atoms with Gasteiger partial charge in [-0.15, -0.1) is 0 Å². The maximum absolute atomic E-state index is 12.7. The van der Waals surface area contributed by atoms with Gasteiger partial charge in [-0.1, -0.05) is 24.3 Å². The van der Waals surface area contributed by atoms with E-state index in [1.165, 1.54) is 7.11 Å². The van der Waals surface area contributed by atoms with Crippen LogP contribution in [0.2, 0.25) is 0 Å². The summed E-state index contributed by atoms with van der Waals surface area (Å²) in [5.41, 5.74) is 1.54. The Morgan fingerprint density at radius 1 is 0.905 bits per heavy atom. The molecule has 4 nitrogen and oxygen atoms in total. The lowest BCUT2D eigenvalue weighted by Crippen LogP contribution is -2.22. The van der Waals surface area contributed by atoms with Gasteiger partial charge in [0.25, 0.3) is 0 Å². The quantitative estimate of drug-likeness (QED) is 0.683. The Hall–Kier alpha value is -2.14. The number of rotatable bonds is 3. The van der Waals surface area contributed by atoms with Crippen LogP contribution in [0.25, 0.3) is 0 Å². The van der Waals surface area contributed by atoms with Crippen LogP contribution in [0, 0.1) is 0 Å². The average Bonchev–Trinajstić information content (AvgIpc) is 2.52. The normalized spacial score (nSPS) is 12.7. The van der Waals surface area contributed by atoms with Crippen LogP contribution < -0.4 is 9.47 Å². The summed E-state index contributed by atoms with van der Waals surface area (Å²) < 4.78 is 10.7. The third-order valence-electron chi connectivity index (χ3n) is 3.43. The van der Waals surface area contributed by atoms with Crippen LogP contribution in [-0.4, -0.2) is 24.2 Å². The van der Waals surface area contributed by atoms with E-state index in [0.717, 1.165) is 0 Å². The minimum atomic E-state index is -0.227. The maximum atomic E-state index is 12.7. The van der Waals surface area contributed by atoms with Gasteiger partial charge in [-0.3, -0.25) is 9.59 Å². The molecule has 0 atom stereocenters. The van der Waals surface area contributed by atoms with Crippen molar-refractivity contribution in [1.29, 1.82) is 0 Å². The zero-order valence-corrected chi connectivity index (χ0v) is 12.8. The monoisotopic (exact) mass is 346 g/mol. The summed E-state index contributed by atoms with van der Waals surface area (Å²) in [6.07, 6.45) is 0. The van der Waals surface area contributed by atoms with Crippen LogP contribution in [0.15, 0.2) is 36.4 Å². The van der Waals surface area contributed by atoms with E-state index in [-0.39, 0.29) is 28.2 Å². The van der Waals surface area contributed by atoms with Crippen LogP contribution in [0.5, 0.6) is 11.5 Å². The fourth-order valence-corrected chi connectivity index (χ4v) is 2.76. The fraction of sp³-hybridized carbons (Fsp3) is 0.125. The Bertz CT molecular complexity index is 752. The third-order valence-corrected chi connectivity index (χ3v) is 3.66. The Morgan fingerprint density at radius 3 is 1.95 bits per heavy atom. The Balaban J connectivity index is 2.32. The van der Waals surface area contributed by atoms with Crippen LogP contribution in [0.3, 0.4) is 0 Å². The summed E-state index contributed by atoms with van der Waals surface area (Å²) in [6.45, 7) is 0. The van der Waals surface area contributed by atoms with Crippen molar-refractivity contribution in [2.75, 3.05) is 12.6 Å². The topological polar surface area (TPSA) is 52.6 Å². The second-order valence-electron chi connectivity index (χ2n) is 4.47. The van der Waals surface area contributed by atoms with Crippen molar-refractivity contribution in [3.05, 3.63) is 58.7 Å². The molecule has 0 fully saturated rings. The number of carbonyl (C=O) groups excluding carboxylic acids is 2. The molecule has 0 saturated heterocycles. The molecule has 1 aliphatic rings. The number of fused-ring (bicyclic) bond motifs is 2. The molecule has 1 aliphatic carbocycles. The highest BCUT2D eigenvalue weighted by molar-refractivity contribution is 9.09. The highest BCUT2D eigenvalue weighted by Crippen LogP contribution is 2.38. The lowest BCUT2D eigenvalue weighted by Gasteiger charge is -2.21. The first-order chi connectivity index (χ1) is 10.2. The number of methoxy groups -OCH3 is 1. The minimum absolute atomic E-state index is 0.225. The van der Waals surface area contributed by atoms with Crippen molar-refractivity contribution in [2.24, 2.45) is 0 Å². The largest absolute Gasteiger partial charge is 0.496 e. The first kappa shape index (κ1) is 13.8. The maximum Gasteiger partial charge on any atom is 0.198 e. The van der Waals surface area contributed by atoms with E-state index in [0.29, 0.717) is 22.6 Å². The number of ketones is 2. The van der Waals surface area contributed by atoms with Crippen LogP contribution >= 0.6 is 15.9 Å². The lowest BCUT2D eigenvalue weighted by atomic mass is 9.83. The van der Waals surface area contributed by atoms with Crippen molar-refractivity contribution >= 4 is 27.5 Å². The first-order valence-corrected chi connectivity index (χ1v) is 7.39. The molecule has 0 amide bonds. The second kappa shape index (κ2) is 5.33. The summed E-state index contributed by atoms with van der Waals surface area (Å²) in [6, 6.07) is 10.0. The van der Waals surface area contributed by atoms with Crippen molar-refractivity contribution < 1.29 is 19.1 Å². The van der Waals surface area contributed by atoms with Crippen molar-refractivity contribution in [3.63, 3.8) is 0 Å². The van der Waals surface area contributed by atoms with Crippen LogP contribution in [0.4, 0.5) is 0 Å². The van der Waals surface area contributed by atoms with Gasteiger partial charge in [-0.2, -0.15) is 0 Å². The number of halogens is 1. The van der Waals surface area contributed by atoms with Crippen molar-refractivity contribution in [1.82, 2.24) is 0 Å². The van der Waals surface area contributed by atoms with Crippen molar-refractivity contribution in [3.8, 4) is 11.5 Å². The SMILES string of the molecule is COc1ccc(OCBr)c2c1C(=O)c1ccccc1C2=O. The van der Waals surface area contributed by atoms with Crippen molar-refractivity contribution in [2.45, 2.75) is 0 Å². The molecule has 0 bridgehead atoms. The van der Waals surface area contributed by atoms with Crippen LogP contribution in [-0.2, 0) is 0 Å². The highest BCUT2D eigenvalue weighted by Gasteiger charge is 2.34. The predicted molar refractivity (Wildman–Crippen MR) is 80.7 cm³/mol. The van der Waals surface area contributed by atoms with E-state index in [1.54, 1.807) is 36.4 Å². The molecule has 106 valence electrons. The fourth-order valence-electron chi connectivity index (χ4n) is 2.51.